The van der Waals surface area contributed by atoms with Crippen molar-refractivity contribution in [2.24, 2.45) is 5.92 Å². The summed E-state index contributed by atoms with van der Waals surface area (Å²) in [4.78, 5) is 12.8. The molecule has 1 heterocycles. The van der Waals surface area contributed by atoms with Crippen LogP contribution in [0.5, 0.6) is 0 Å². The van der Waals surface area contributed by atoms with E-state index in [4.69, 9.17) is 5.26 Å². The molecule has 1 aromatic carbocycles. The van der Waals surface area contributed by atoms with Gasteiger partial charge in [0, 0.05) is 18.3 Å². The van der Waals surface area contributed by atoms with Crippen molar-refractivity contribution in [3.63, 3.8) is 0 Å². The van der Waals surface area contributed by atoms with Gasteiger partial charge in [0.05, 0.1) is 11.6 Å². The predicted molar refractivity (Wildman–Crippen MR) is 65.3 cm³/mol. The normalized spacial score (nSPS) is 19.1. The Hall–Kier alpha value is -1.48. The highest BCUT2D eigenvalue weighted by Gasteiger charge is 2.33. The van der Waals surface area contributed by atoms with Gasteiger partial charge in [-0.05, 0) is 18.1 Å². The molecule has 1 amide bonds. The van der Waals surface area contributed by atoms with E-state index in [-0.39, 0.29) is 36.0 Å². The molecule has 1 aliphatic rings. The first kappa shape index (κ1) is 13.0. The van der Waals surface area contributed by atoms with Crippen LogP contribution in [0.3, 0.4) is 0 Å². The number of alkyl halides is 1. The fourth-order valence-corrected chi connectivity index (χ4v) is 2.42. The van der Waals surface area contributed by atoms with Crippen LogP contribution in [0.4, 0.5) is 14.5 Å². The first-order chi connectivity index (χ1) is 8.56. The number of nitriles is 1. The number of hydrogen-bond acceptors (Lipinski definition) is 2. The maximum Gasteiger partial charge on any atom is 0.227 e. The van der Waals surface area contributed by atoms with Gasteiger partial charge in [-0.3, -0.25) is 4.79 Å². The molecule has 0 saturated carbocycles. The van der Waals surface area contributed by atoms with Gasteiger partial charge < -0.3 is 4.90 Å². The Morgan fingerprint density at radius 3 is 2.50 bits per heavy atom. The summed E-state index contributed by atoms with van der Waals surface area (Å²) in [5, 5.41) is 9.21. The van der Waals surface area contributed by atoms with E-state index in [0.717, 1.165) is 17.0 Å². The monoisotopic (exact) mass is 314 g/mol. The zero-order valence-electron chi connectivity index (χ0n) is 9.29. The minimum absolute atomic E-state index is 0.0481. The van der Waals surface area contributed by atoms with E-state index in [2.05, 4.69) is 15.9 Å². The van der Waals surface area contributed by atoms with E-state index < -0.39 is 11.6 Å². The second-order valence-corrected chi connectivity index (χ2v) is 4.78. The van der Waals surface area contributed by atoms with E-state index in [1.165, 1.54) is 0 Å². The summed E-state index contributed by atoms with van der Waals surface area (Å²) in [6, 6.07) is 3.54. The van der Waals surface area contributed by atoms with Gasteiger partial charge in [0.15, 0.2) is 11.6 Å². The SMILES string of the molecule is N#Cc1cc(F)c(N2CC(CBr)CC2=O)c(F)c1. The predicted octanol–water partition coefficient (Wildman–Crippen LogP) is 2.58. The summed E-state index contributed by atoms with van der Waals surface area (Å²) in [6.45, 7) is 0.282. The Bertz CT molecular complexity index is 518. The van der Waals surface area contributed by atoms with E-state index in [1.807, 2.05) is 0 Å². The largest absolute Gasteiger partial charge is 0.307 e. The van der Waals surface area contributed by atoms with Gasteiger partial charge in [-0.15, -0.1) is 0 Å². The van der Waals surface area contributed by atoms with Gasteiger partial charge >= 0.3 is 0 Å². The lowest BCUT2D eigenvalue weighted by molar-refractivity contribution is -0.117. The van der Waals surface area contributed by atoms with Crippen LogP contribution in [0.2, 0.25) is 0 Å². The number of anilines is 1. The number of nitrogens with zero attached hydrogens (tertiary/aromatic N) is 2. The maximum atomic E-state index is 13.8. The summed E-state index contributed by atoms with van der Waals surface area (Å²) in [5.41, 5.74) is -0.458. The van der Waals surface area contributed by atoms with Crippen molar-refractivity contribution in [2.45, 2.75) is 6.42 Å². The van der Waals surface area contributed by atoms with Crippen molar-refractivity contribution in [3.8, 4) is 6.07 Å². The highest BCUT2D eigenvalue weighted by molar-refractivity contribution is 9.09. The zero-order chi connectivity index (χ0) is 13.3. The van der Waals surface area contributed by atoms with Gasteiger partial charge in [0.25, 0.3) is 0 Å². The third-order valence-corrected chi connectivity index (χ3v) is 3.75. The Morgan fingerprint density at radius 1 is 1.44 bits per heavy atom. The molecule has 1 fully saturated rings. The molecule has 1 saturated heterocycles. The molecule has 18 heavy (non-hydrogen) atoms. The summed E-state index contributed by atoms with van der Waals surface area (Å²) >= 11 is 3.25. The van der Waals surface area contributed by atoms with Crippen LogP contribution in [0.25, 0.3) is 0 Å². The lowest BCUT2D eigenvalue weighted by Gasteiger charge is -2.18. The van der Waals surface area contributed by atoms with Gasteiger partial charge in [0.1, 0.15) is 5.69 Å². The van der Waals surface area contributed by atoms with Crippen LogP contribution in [0.1, 0.15) is 12.0 Å². The average molecular weight is 315 g/mol. The summed E-state index contributed by atoms with van der Waals surface area (Å²) < 4.78 is 27.5. The number of rotatable bonds is 2. The molecule has 6 heteroatoms. The van der Waals surface area contributed by atoms with Gasteiger partial charge in [-0.25, -0.2) is 8.78 Å². The third-order valence-electron chi connectivity index (χ3n) is 2.84. The highest BCUT2D eigenvalue weighted by atomic mass is 79.9. The molecule has 0 N–H and O–H groups in total. The number of carbonyl (C=O) groups is 1. The first-order valence-corrected chi connectivity index (χ1v) is 6.44. The second-order valence-electron chi connectivity index (χ2n) is 4.13. The van der Waals surface area contributed by atoms with Crippen molar-refractivity contribution < 1.29 is 13.6 Å². The third kappa shape index (κ3) is 2.23. The molecular weight excluding hydrogens is 306 g/mol. The molecule has 1 aromatic rings. The van der Waals surface area contributed by atoms with Crippen molar-refractivity contribution in [2.75, 3.05) is 16.8 Å². The molecular formula is C12H9BrF2N2O. The lowest BCUT2D eigenvalue weighted by Crippen LogP contribution is -2.27. The molecule has 1 aliphatic heterocycles. The molecule has 1 atom stereocenters. The first-order valence-electron chi connectivity index (χ1n) is 5.32. The van der Waals surface area contributed by atoms with Gasteiger partial charge in [-0.2, -0.15) is 5.26 Å². The Balaban J connectivity index is 2.41. The van der Waals surface area contributed by atoms with Crippen molar-refractivity contribution in [3.05, 3.63) is 29.3 Å². The Morgan fingerprint density at radius 2 is 2.06 bits per heavy atom. The molecule has 0 aliphatic carbocycles. The van der Waals surface area contributed by atoms with Gasteiger partial charge in [0.2, 0.25) is 5.91 Å². The summed E-state index contributed by atoms with van der Waals surface area (Å²) in [5.74, 6) is -2.01. The van der Waals surface area contributed by atoms with Crippen LogP contribution in [-0.4, -0.2) is 17.8 Å². The van der Waals surface area contributed by atoms with Crippen LogP contribution in [-0.2, 0) is 4.79 Å². The molecule has 0 radical (unpaired) electrons. The number of amides is 1. The number of carbonyl (C=O) groups excluding carboxylic acids is 1. The molecule has 94 valence electrons. The number of benzene rings is 1. The Labute approximate surface area is 111 Å². The summed E-state index contributed by atoms with van der Waals surface area (Å²) in [6.07, 6.45) is 0.268. The highest BCUT2D eigenvalue weighted by Crippen LogP contribution is 2.31. The summed E-state index contributed by atoms with van der Waals surface area (Å²) in [7, 11) is 0. The quantitative estimate of drug-likeness (QED) is 0.788. The fourth-order valence-electron chi connectivity index (χ4n) is 1.99. The number of hydrogen-bond donors (Lipinski definition) is 0. The van der Waals surface area contributed by atoms with Crippen LogP contribution in [0.15, 0.2) is 12.1 Å². The minimum atomic E-state index is -0.880. The van der Waals surface area contributed by atoms with E-state index in [1.54, 1.807) is 6.07 Å². The van der Waals surface area contributed by atoms with E-state index in [0.29, 0.717) is 5.33 Å². The minimum Gasteiger partial charge on any atom is -0.307 e. The molecule has 0 spiro atoms. The maximum absolute atomic E-state index is 13.8. The van der Waals surface area contributed by atoms with Crippen LogP contribution >= 0.6 is 15.9 Å². The van der Waals surface area contributed by atoms with Crippen molar-refractivity contribution >= 4 is 27.5 Å². The van der Waals surface area contributed by atoms with E-state index in [9.17, 15) is 13.6 Å². The van der Waals surface area contributed by atoms with Gasteiger partial charge in [-0.1, -0.05) is 15.9 Å². The second kappa shape index (κ2) is 5.02. The fraction of sp³-hybridized carbons (Fsp3) is 0.333. The topological polar surface area (TPSA) is 44.1 Å². The standard InChI is InChI=1S/C12H9BrF2N2O/c13-4-8-3-11(18)17(6-8)12-9(14)1-7(5-16)2-10(12)15/h1-2,8H,3-4,6H2. The number of halogens is 3. The molecule has 2 rings (SSSR count). The zero-order valence-corrected chi connectivity index (χ0v) is 10.9. The van der Waals surface area contributed by atoms with Crippen molar-refractivity contribution in [1.29, 1.82) is 5.26 Å². The molecule has 3 nitrogen and oxygen atoms in total. The smallest absolute Gasteiger partial charge is 0.227 e. The average Bonchev–Trinajstić information content (AvgIpc) is 2.70. The molecule has 0 bridgehead atoms. The van der Waals surface area contributed by atoms with Crippen molar-refractivity contribution in [1.82, 2.24) is 0 Å². The molecule has 0 aromatic heterocycles. The van der Waals surface area contributed by atoms with E-state index >= 15 is 0 Å². The van der Waals surface area contributed by atoms with Crippen LogP contribution in [0, 0.1) is 28.9 Å². The lowest BCUT2D eigenvalue weighted by atomic mass is 10.1. The Kier molecular flexibility index (Phi) is 3.62. The molecule has 1 unspecified atom stereocenters. The van der Waals surface area contributed by atoms with Crippen LogP contribution < -0.4 is 4.90 Å².